The smallest absolute Gasteiger partial charge is 0.243 e. The van der Waals surface area contributed by atoms with Crippen LogP contribution >= 0.6 is 15.9 Å². The highest BCUT2D eigenvalue weighted by molar-refractivity contribution is 9.10. The minimum absolute atomic E-state index is 0.0812. The van der Waals surface area contributed by atoms with E-state index in [0.717, 1.165) is 35.7 Å². The van der Waals surface area contributed by atoms with Crippen molar-refractivity contribution in [2.24, 2.45) is 5.73 Å². The van der Waals surface area contributed by atoms with E-state index >= 15 is 0 Å². The topological polar surface area (TPSA) is 63.4 Å². The molecule has 1 aromatic rings. The van der Waals surface area contributed by atoms with Gasteiger partial charge in [0.1, 0.15) is 0 Å². The monoisotopic (exact) mass is 358 g/mol. The SMILES string of the molecule is Cc1cc(S(=O)(=O)N2C3CCC2CC(N)C3)ccc1Br. The van der Waals surface area contributed by atoms with Gasteiger partial charge in [0.05, 0.1) is 4.90 Å². The normalized spacial score (nSPS) is 30.6. The number of fused-ring (bicyclic) bond motifs is 2. The summed E-state index contributed by atoms with van der Waals surface area (Å²) < 4.78 is 28.4. The van der Waals surface area contributed by atoms with Gasteiger partial charge in [0.15, 0.2) is 0 Å². The lowest BCUT2D eigenvalue weighted by molar-refractivity contribution is 0.227. The summed E-state index contributed by atoms with van der Waals surface area (Å²) >= 11 is 3.41. The number of halogens is 1. The first-order valence-electron chi connectivity index (χ1n) is 6.95. The van der Waals surface area contributed by atoms with Crippen molar-refractivity contribution in [2.75, 3.05) is 0 Å². The van der Waals surface area contributed by atoms with E-state index in [4.69, 9.17) is 5.73 Å². The first kappa shape index (κ1) is 14.5. The molecule has 2 atom stereocenters. The quantitative estimate of drug-likeness (QED) is 0.882. The fourth-order valence-electron chi connectivity index (χ4n) is 3.47. The maximum absolute atomic E-state index is 12.9. The van der Waals surface area contributed by atoms with Crippen LogP contribution in [0.1, 0.15) is 31.2 Å². The molecule has 2 aliphatic rings. The zero-order valence-electron chi connectivity index (χ0n) is 11.4. The van der Waals surface area contributed by atoms with Crippen LogP contribution in [0, 0.1) is 6.92 Å². The van der Waals surface area contributed by atoms with Crippen LogP contribution in [0.3, 0.4) is 0 Å². The minimum atomic E-state index is -3.40. The van der Waals surface area contributed by atoms with Crippen LogP contribution in [-0.4, -0.2) is 30.8 Å². The molecule has 0 spiro atoms. The van der Waals surface area contributed by atoms with Gasteiger partial charge in [-0.25, -0.2) is 8.42 Å². The van der Waals surface area contributed by atoms with Crippen molar-refractivity contribution in [3.8, 4) is 0 Å². The summed E-state index contributed by atoms with van der Waals surface area (Å²) in [6.07, 6.45) is 3.44. The van der Waals surface area contributed by atoms with Crippen LogP contribution in [-0.2, 0) is 10.0 Å². The number of sulfonamides is 1. The number of hydrogen-bond donors (Lipinski definition) is 1. The van der Waals surface area contributed by atoms with Crippen LogP contribution in [0.2, 0.25) is 0 Å². The number of benzene rings is 1. The average molecular weight is 359 g/mol. The van der Waals surface area contributed by atoms with E-state index in [2.05, 4.69) is 15.9 Å². The summed E-state index contributed by atoms with van der Waals surface area (Å²) in [7, 11) is -3.40. The molecule has 2 saturated heterocycles. The summed E-state index contributed by atoms with van der Waals surface area (Å²) in [6, 6.07) is 5.54. The second kappa shape index (κ2) is 5.09. The van der Waals surface area contributed by atoms with Crippen molar-refractivity contribution in [1.29, 1.82) is 0 Å². The van der Waals surface area contributed by atoms with Crippen LogP contribution < -0.4 is 5.73 Å². The molecule has 0 saturated carbocycles. The lowest BCUT2D eigenvalue weighted by atomic mass is 10.0. The third kappa shape index (κ3) is 2.32. The zero-order valence-corrected chi connectivity index (χ0v) is 13.8. The Kier molecular flexibility index (Phi) is 3.69. The maximum Gasteiger partial charge on any atom is 0.243 e. The van der Waals surface area contributed by atoms with Crippen molar-refractivity contribution >= 4 is 26.0 Å². The van der Waals surface area contributed by atoms with E-state index in [1.807, 2.05) is 6.92 Å². The Labute approximate surface area is 128 Å². The predicted octanol–water partition coefficient (Wildman–Crippen LogP) is 2.40. The fourth-order valence-corrected chi connectivity index (χ4v) is 5.69. The Morgan fingerprint density at radius 2 is 1.85 bits per heavy atom. The van der Waals surface area contributed by atoms with Gasteiger partial charge in [0.2, 0.25) is 10.0 Å². The maximum atomic E-state index is 12.9. The van der Waals surface area contributed by atoms with Crippen molar-refractivity contribution in [1.82, 2.24) is 4.31 Å². The van der Waals surface area contributed by atoms with Crippen LogP contribution in [0.25, 0.3) is 0 Å². The molecule has 0 radical (unpaired) electrons. The van der Waals surface area contributed by atoms with Gasteiger partial charge in [-0.3, -0.25) is 0 Å². The molecule has 3 rings (SSSR count). The highest BCUT2D eigenvalue weighted by atomic mass is 79.9. The van der Waals surface area contributed by atoms with Gasteiger partial charge in [0.25, 0.3) is 0 Å². The minimum Gasteiger partial charge on any atom is -0.328 e. The molecule has 2 heterocycles. The van der Waals surface area contributed by atoms with Gasteiger partial charge in [-0.05, 0) is 56.4 Å². The van der Waals surface area contributed by atoms with Crippen LogP contribution in [0.4, 0.5) is 0 Å². The largest absolute Gasteiger partial charge is 0.328 e. The molecule has 2 bridgehead atoms. The molecule has 0 amide bonds. The molecule has 2 unspecified atom stereocenters. The van der Waals surface area contributed by atoms with Crippen LogP contribution in [0.5, 0.6) is 0 Å². The Hall–Kier alpha value is -0.430. The number of hydrogen-bond acceptors (Lipinski definition) is 3. The fraction of sp³-hybridized carbons (Fsp3) is 0.571. The molecule has 6 heteroatoms. The zero-order chi connectivity index (χ0) is 14.5. The summed E-state index contributed by atoms with van der Waals surface area (Å²) in [5, 5.41) is 0. The van der Waals surface area contributed by atoms with E-state index in [9.17, 15) is 8.42 Å². The molecule has 0 aromatic heterocycles. The Morgan fingerprint density at radius 1 is 1.25 bits per heavy atom. The third-order valence-electron chi connectivity index (χ3n) is 4.41. The van der Waals surface area contributed by atoms with Crippen molar-refractivity contribution in [2.45, 2.75) is 55.6 Å². The third-order valence-corrected chi connectivity index (χ3v) is 7.30. The van der Waals surface area contributed by atoms with Crippen LogP contribution in [0.15, 0.2) is 27.6 Å². The number of nitrogens with two attached hydrogens (primary N) is 1. The highest BCUT2D eigenvalue weighted by Gasteiger charge is 2.46. The second-order valence-electron chi connectivity index (χ2n) is 5.86. The molecule has 1 aromatic carbocycles. The van der Waals surface area contributed by atoms with E-state index in [1.165, 1.54) is 0 Å². The number of rotatable bonds is 2. The number of nitrogens with zero attached hydrogens (tertiary/aromatic N) is 1. The molecular formula is C14H19BrN2O2S. The van der Waals surface area contributed by atoms with E-state index in [0.29, 0.717) is 4.90 Å². The average Bonchev–Trinajstić information content (AvgIpc) is 2.66. The highest BCUT2D eigenvalue weighted by Crippen LogP contribution is 2.39. The van der Waals surface area contributed by atoms with Gasteiger partial charge in [-0.1, -0.05) is 15.9 Å². The Bertz CT molecular complexity index is 618. The predicted molar refractivity (Wildman–Crippen MR) is 81.9 cm³/mol. The lowest BCUT2D eigenvalue weighted by Gasteiger charge is -2.36. The molecular weight excluding hydrogens is 340 g/mol. The summed E-state index contributed by atoms with van der Waals surface area (Å²) in [6.45, 7) is 1.91. The van der Waals surface area contributed by atoms with Crippen molar-refractivity contribution in [3.63, 3.8) is 0 Å². The lowest BCUT2D eigenvalue weighted by Crippen LogP contribution is -2.49. The second-order valence-corrected chi connectivity index (χ2v) is 8.56. The molecule has 4 nitrogen and oxygen atoms in total. The first-order chi connectivity index (χ1) is 9.39. The van der Waals surface area contributed by atoms with Gasteiger partial charge in [-0.15, -0.1) is 0 Å². The molecule has 110 valence electrons. The summed E-state index contributed by atoms with van der Waals surface area (Å²) in [5.74, 6) is 0. The summed E-state index contributed by atoms with van der Waals surface area (Å²) in [5.41, 5.74) is 6.95. The Balaban J connectivity index is 1.98. The van der Waals surface area contributed by atoms with Crippen molar-refractivity contribution in [3.05, 3.63) is 28.2 Å². The Morgan fingerprint density at radius 3 is 2.40 bits per heavy atom. The number of piperidine rings is 1. The molecule has 20 heavy (non-hydrogen) atoms. The molecule has 2 aliphatic heterocycles. The summed E-state index contributed by atoms with van der Waals surface area (Å²) in [4.78, 5) is 0.394. The first-order valence-corrected chi connectivity index (χ1v) is 9.18. The standard InChI is InChI=1S/C14H19BrN2O2S/c1-9-6-13(4-5-14(9)15)20(18,19)17-11-2-3-12(17)8-10(16)7-11/h4-6,10-12H,2-3,7-8,16H2,1H3. The van der Waals surface area contributed by atoms with E-state index < -0.39 is 10.0 Å². The molecule has 0 aliphatic carbocycles. The van der Waals surface area contributed by atoms with Gasteiger partial charge < -0.3 is 5.73 Å². The van der Waals surface area contributed by atoms with E-state index in [1.54, 1.807) is 22.5 Å². The van der Waals surface area contributed by atoms with Crippen molar-refractivity contribution < 1.29 is 8.42 Å². The number of aryl methyl sites for hydroxylation is 1. The molecule has 2 fully saturated rings. The van der Waals surface area contributed by atoms with Gasteiger partial charge >= 0.3 is 0 Å². The molecule has 2 N–H and O–H groups in total. The van der Waals surface area contributed by atoms with Gasteiger partial charge in [0, 0.05) is 22.6 Å². The van der Waals surface area contributed by atoms with Gasteiger partial charge in [-0.2, -0.15) is 4.31 Å². The van der Waals surface area contributed by atoms with E-state index in [-0.39, 0.29) is 18.1 Å².